The van der Waals surface area contributed by atoms with Gasteiger partial charge in [-0.05, 0) is 12.8 Å². The van der Waals surface area contributed by atoms with E-state index in [1.165, 1.54) is 0 Å². The van der Waals surface area contributed by atoms with Crippen molar-refractivity contribution in [2.45, 2.75) is 26.8 Å². The van der Waals surface area contributed by atoms with Crippen LogP contribution in [0.4, 0.5) is 0 Å². The Bertz CT molecular complexity index is 129. The quantitative estimate of drug-likeness (QED) is 0.598. The zero-order chi connectivity index (χ0) is 8.15. The van der Waals surface area contributed by atoms with Gasteiger partial charge in [0.05, 0.1) is 6.04 Å². The highest BCUT2D eigenvalue weighted by Gasteiger charge is 2.02. The molecule has 58 valence electrons. The zero-order valence-electron chi connectivity index (χ0n) is 6.85. The van der Waals surface area contributed by atoms with E-state index in [2.05, 4.69) is 11.9 Å². The molecule has 0 radical (unpaired) electrons. The minimum atomic E-state index is -0.116. The van der Waals surface area contributed by atoms with E-state index in [4.69, 9.17) is 0 Å². The monoisotopic (exact) mass is 141 g/mol. The smallest absolute Gasteiger partial charge is 0.141 e. The first-order chi connectivity index (χ1) is 4.57. The first-order valence-electron chi connectivity index (χ1n) is 3.48. The molecule has 0 aromatic carbocycles. The summed E-state index contributed by atoms with van der Waals surface area (Å²) in [5.41, 5.74) is 0.916. The Hall–Kier alpha value is -0.790. The Morgan fingerprint density at radius 3 is 2.30 bits per heavy atom. The molecular weight excluding hydrogens is 126 g/mol. The van der Waals surface area contributed by atoms with Crippen molar-refractivity contribution in [1.29, 1.82) is 0 Å². The summed E-state index contributed by atoms with van der Waals surface area (Å²) in [4.78, 5) is 10.2. The average molecular weight is 141 g/mol. The van der Waals surface area contributed by atoms with Gasteiger partial charge in [-0.25, -0.2) is 0 Å². The van der Waals surface area contributed by atoms with Crippen molar-refractivity contribution in [2.75, 3.05) is 0 Å². The number of hydrogen-bond donors (Lipinski definition) is 1. The molecule has 0 aliphatic carbocycles. The van der Waals surface area contributed by atoms with Gasteiger partial charge in [0.25, 0.3) is 0 Å². The Kier molecular flexibility index (Phi) is 3.77. The van der Waals surface area contributed by atoms with E-state index in [0.29, 0.717) is 5.92 Å². The number of allylic oxidation sites excluding steroid dienone is 1. The SMILES string of the molecule is C=C(NC(C)C=O)C(C)C. The summed E-state index contributed by atoms with van der Waals surface area (Å²) in [6, 6.07) is -0.116. The average Bonchev–Trinajstić information content (AvgIpc) is 1.87. The second-order valence-corrected chi connectivity index (χ2v) is 2.75. The van der Waals surface area contributed by atoms with Gasteiger partial charge in [-0.15, -0.1) is 0 Å². The standard InChI is InChI=1S/C8H15NO/c1-6(2)8(4)9-7(3)5-10/h5-7,9H,4H2,1-3H3. The van der Waals surface area contributed by atoms with Crippen LogP contribution < -0.4 is 5.32 Å². The van der Waals surface area contributed by atoms with Crippen LogP contribution in [0.25, 0.3) is 0 Å². The largest absolute Gasteiger partial charge is 0.379 e. The Labute approximate surface area is 62.3 Å². The van der Waals surface area contributed by atoms with Gasteiger partial charge in [-0.2, -0.15) is 0 Å². The molecule has 0 bridgehead atoms. The molecule has 0 aromatic heterocycles. The maximum Gasteiger partial charge on any atom is 0.141 e. The minimum Gasteiger partial charge on any atom is -0.379 e. The van der Waals surface area contributed by atoms with Crippen molar-refractivity contribution in [2.24, 2.45) is 5.92 Å². The number of carbonyl (C=O) groups excluding carboxylic acids is 1. The lowest BCUT2D eigenvalue weighted by molar-refractivity contribution is -0.109. The van der Waals surface area contributed by atoms with Crippen molar-refractivity contribution < 1.29 is 4.79 Å². The van der Waals surface area contributed by atoms with E-state index < -0.39 is 0 Å². The molecule has 0 aromatic rings. The molecule has 0 fully saturated rings. The summed E-state index contributed by atoms with van der Waals surface area (Å²) >= 11 is 0. The fourth-order valence-electron chi connectivity index (χ4n) is 0.493. The highest BCUT2D eigenvalue weighted by Crippen LogP contribution is 2.02. The molecule has 1 unspecified atom stereocenters. The summed E-state index contributed by atoms with van der Waals surface area (Å²) in [6.45, 7) is 9.65. The lowest BCUT2D eigenvalue weighted by Crippen LogP contribution is -2.28. The molecule has 0 heterocycles. The number of nitrogens with one attached hydrogen (secondary N) is 1. The molecule has 0 aliphatic heterocycles. The maximum atomic E-state index is 10.2. The number of aldehydes is 1. The Morgan fingerprint density at radius 1 is 1.50 bits per heavy atom. The highest BCUT2D eigenvalue weighted by atomic mass is 16.1. The first kappa shape index (κ1) is 9.21. The van der Waals surface area contributed by atoms with Gasteiger partial charge in [0.2, 0.25) is 0 Å². The van der Waals surface area contributed by atoms with E-state index in [1.807, 2.05) is 13.8 Å². The van der Waals surface area contributed by atoms with E-state index in [9.17, 15) is 4.79 Å². The van der Waals surface area contributed by atoms with Gasteiger partial charge in [0, 0.05) is 5.70 Å². The highest BCUT2D eigenvalue weighted by molar-refractivity contribution is 5.57. The summed E-state index contributed by atoms with van der Waals surface area (Å²) in [7, 11) is 0. The molecule has 10 heavy (non-hydrogen) atoms. The van der Waals surface area contributed by atoms with Crippen LogP contribution in [0.15, 0.2) is 12.3 Å². The van der Waals surface area contributed by atoms with Crippen LogP contribution in [-0.4, -0.2) is 12.3 Å². The number of rotatable bonds is 4. The molecule has 0 aliphatic rings. The van der Waals surface area contributed by atoms with Crippen LogP contribution in [0.5, 0.6) is 0 Å². The topological polar surface area (TPSA) is 29.1 Å². The maximum absolute atomic E-state index is 10.2. The normalized spacial score (nSPS) is 12.8. The lowest BCUT2D eigenvalue weighted by atomic mass is 10.1. The van der Waals surface area contributed by atoms with E-state index in [1.54, 1.807) is 6.92 Å². The predicted octanol–water partition coefficient (Wildman–Crippen LogP) is 1.33. The third-order valence-corrected chi connectivity index (χ3v) is 1.31. The van der Waals surface area contributed by atoms with Crippen LogP contribution in [0.1, 0.15) is 20.8 Å². The molecule has 0 saturated heterocycles. The number of carbonyl (C=O) groups is 1. The third-order valence-electron chi connectivity index (χ3n) is 1.31. The Morgan fingerprint density at radius 2 is 2.00 bits per heavy atom. The minimum absolute atomic E-state index is 0.116. The number of hydrogen-bond acceptors (Lipinski definition) is 2. The van der Waals surface area contributed by atoms with Crippen LogP contribution in [0.3, 0.4) is 0 Å². The molecule has 1 N–H and O–H groups in total. The van der Waals surface area contributed by atoms with Crippen molar-refractivity contribution in [3.63, 3.8) is 0 Å². The molecule has 0 spiro atoms. The molecule has 2 nitrogen and oxygen atoms in total. The Balaban J connectivity index is 3.68. The first-order valence-corrected chi connectivity index (χ1v) is 3.48. The van der Waals surface area contributed by atoms with Crippen LogP contribution >= 0.6 is 0 Å². The third kappa shape index (κ3) is 3.28. The van der Waals surface area contributed by atoms with Gasteiger partial charge >= 0.3 is 0 Å². The summed E-state index contributed by atoms with van der Waals surface area (Å²) in [6.07, 6.45) is 0.869. The molecule has 0 saturated carbocycles. The van der Waals surface area contributed by atoms with E-state index >= 15 is 0 Å². The van der Waals surface area contributed by atoms with Gasteiger partial charge in [0.1, 0.15) is 6.29 Å². The van der Waals surface area contributed by atoms with Crippen LogP contribution in [0.2, 0.25) is 0 Å². The summed E-state index contributed by atoms with van der Waals surface area (Å²) < 4.78 is 0. The molecule has 2 heteroatoms. The molecule has 1 atom stereocenters. The summed E-state index contributed by atoms with van der Waals surface area (Å²) in [5, 5.41) is 2.97. The summed E-state index contributed by atoms with van der Waals surface area (Å²) in [5.74, 6) is 0.391. The second-order valence-electron chi connectivity index (χ2n) is 2.75. The van der Waals surface area contributed by atoms with Gasteiger partial charge in [-0.1, -0.05) is 20.4 Å². The van der Waals surface area contributed by atoms with Gasteiger partial charge < -0.3 is 10.1 Å². The predicted molar refractivity (Wildman–Crippen MR) is 42.6 cm³/mol. The second kappa shape index (κ2) is 4.09. The molecule has 0 amide bonds. The zero-order valence-corrected chi connectivity index (χ0v) is 6.85. The van der Waals surface area contributed by atoms with E-state index in [0.717, 1.165) is 12.0 Å². The van der Waals surface area contributed by atoms with Gasteiger partial charge in [0.15, 0.2) is 0 Å². The van der Waals surface area contributed by atoms with Crippen molar-refractivity contribution in [1.82, 2.24) is 5.32 Å². The van der Waals surface area contributed by atoms with E-state index in [-0.39, 0.29) is 6.04 Å². The fourth-order valence-corrected chi connectivity index (χ4v) is 0.493. The van der Waals surface area contributed by atoms with Crippen molar-refractivity contribution >= 4 is 6.29 Å². The van der Waals surface area contributed by atoms with Crippen molar-refractivity contribution in [3.8, 4) is 0 Å². The molecular formula is C8H15NO. The van der Waals surface area contributed by atoms with Gasteiger partial charge in [-0.3, -0.25) is 0 Å². The van der Waals surface area contributed by atoms with Crippen LogP contribution in [-0.2, 0) is 4.79 Å². The van der Waals surface area contributed by atoms with Crippen LogP contribution in [0, 0.1) is 5.92 Å². The fraction of sp³-hybridized carbons (Fsp3) is 0.625. The lowest BCUT2D eigenvalue weighted by Gasteiger charge is -2.14. The molecule has 0 rings (SSSR count). The van der Waals surface area contributed by atoms with Crippen molar-refractivity contribution in [3.05, 3.63) is 12.3 Å².